The van der Waals surface area contributed by atoms with E-state index in [2.05, 4.69) is 179 Å². The van der Waals surface area contributed by atoms with Crippen molar-refractivity contribution in [3.05, 3.63) is 158 Å². The van der Waals surface area contributed by atoms with Crippen molar-refractivity contribution in [2.24, 2.45) is 0 Å². The Kier molecular flexibility index (Phi) is 65.4. The molecule has 1 atom stereocenters. The Morgan fingerprint density at radius 3 is 0.831 bits per heavy atom. The summed E-state index contributed by atoms with van der Waals surface area (Å²) in [6, 6.07) is 0. The van der Waals surface area contributed by atoms with E-state index < -0.39 is 6.10 Å². The number of allylic oxidation sites excluding steroid dienone is 26. The first-order chi connectivity index (χ1) is 41.0. The van der Waals surface area contributed by atoms with Gasteiger partial charge in [-0.05, 0) is 141 Å². The maximum absolute atomic E-state index is 12.9. The molecule has 1 unspecified atom stereocenters. The lowest BCUT2D eigenvalue weighted by molar-refractivity contribution is -0.167. The molecule has 0 heterocycles. The van der Waals surface area contributed by atoms with Crippen LogP contribution in [-0.4, -0.2) is 37.2 Å². The summed E-state index contributed by atoms with van der Waals surface area (Å²) in [6.45, 7) is 6.42. The van der Waals surface area contributed by atoms with Crippen molar-refractivity contribution in [3.63, 3.8) is 0 Å². The molecular weight excluding hydrogens is 1020 g/mol. The normalized spacial score (nSPS) is 13.1. The third-order valence-electron chi connectivity index (χ3n) is 14.0. The summed E-state index contributed by atoms with van der Waals surface area (Å²) in [5.41, 5.74) is 0. The van der Waals surface area contributed by atoms with E-state index >= 15 is 0 Å². The summed E-state index contributed by atoms with van der Waals surface area (Å²) in [5.74, 6) is -0.984. The Balaban J connectivity index is 4.41. The number of carbonyl (C=O) groups excluding carboxylic acids is 3. The summed E-state index contributed by atoms with van der Waals surface area (Å²) < 4.78 is 16.9. The second-order valence-corrected chi connectivity index (χ2v) is 22.0. The zero-order valence-electron chi connectivity index (χ0n) is 53.7. The van der Waals surface area contributed by atoms with Crippen molar-refractivity contribution < 1.29 is 28.6 Å². The fraction of sp³-hybridized carbons (Fsp3) is 0.623. The third-order valence-corrected chi connectivity index (χ3v) is 14.0. The van der Waals surface area contributed by atoms with Crippen LogP contribution in [0.15, 0.2) is 158 Å². The first-order valence-electron chi connectivity index (χ1n) is 34.0. The quantitative estimate of drug-likeness (QED) is 0.0261. The molecule has 0 aromatic carbocycles. The number of esters is 3. The molecule has 0 aliphatic heterocycles. The molecule has 0 N–H and O–H groups in total. The van der Waals surface area contributed by atoms with Crippen LogP contribution in [0.25, 0.3) is 0 Å². The average molecular weight is 1150 g/mol. The van der Waals surface area contributed by atoms with E-state index in [0.717, 1.165) is 128 Å². The molecule has 0 radical (unpaired) electrons. The monoisotopic (exact) mass is 1140 g/mol. The van der Waals surface area contributed by atoms with Crippen molar-refractivity contribution in [1.29, 1.82) is 0 Å². The maximum atomic E-state index is 12.9. The third kappa shape index (κ3) is 67.7. The highest BCUT2D eigenvalue weighted by Gasteiger charge is 2.19. The molecule has 6 heteroatoms. The van der Waals surface area contributed by atoms with Gasteiger partial charge < -0.3 is 14.2 Å². The van der Waals surface area contributed by atoms with Gasteiger partial charge in [-0.1, -0.05) is 288 Å². The lowest BCUT2D eigenvalue weighted by Gasteiger charge is -2.18. The van der Waals surface area contributed by atoms with Gasteiger partial charge in [0.25, 0.3) is 0 Å². The summed E-state index contributed by atoms with van der Waals surface area (Å²) in [4.78, 5) is 38.3. The van der Waals surface area contributed by atoms with E-state index in [-0.39, 0.29) is 37.5 Å². The van der Waals surface area contributed by atoms with Crippen molar-refractivity contribution in [3.8, 4) is 0 Å². The molecule has 0 amide bonds. The highest BCUT2D eigenvalue weighted by Crippen LogP contribution is 2.15. The van der Waals surface area contributed by atoms with Gasteiger partial charge in [-0.3, -0.25) is 14.4 Å². The first kappa shape index (κ1) is 78.0. The Morgan fingerprint density at radius 1 is 0.253 bits per heavy atom. The molecule has 0 aliphatic rings. The predicted octanol–water partition coefficient (Wildman–Crippen LogP) is 23.7. The van der Waals surface area contributed by atoms with Crippen LogP contribution >= 0.6 is 0 Å². The van der Waals surface area contributed by atoms with Gasteiger partial charge in [0.2, 0.25) is 0 Å². The van der Waals surface area contributed by atoms with Crippen LogP contribution in [0.3, 0.4) is 0 Å². The molecule has 0 saturated heterocycles. The van der Waals surface area contributed by atoms with Crippen LogP contribution in [0, 0.1) is 0 Å². The van der Waals surface area contributed by atoms with Crippen LogP contribution < -0.4 is 0 Å². The minimum Gasteiger partial charge on any atom is -0.462 e. The molecule has 0 saturated carbocycles. The number of hydrogen-bond acceptors (Lipinski definition) is 6. The van der Waals surface area contributed by atoms with Gasteiger partial charge in [0.05, 0.1) is 0 Å². The van der Waals surface area contributed by atoms with E-state index in [1.807, 2.05) is 0 Å². The molecule has 0 rings (SSSR count). The molecule has 0 aromatic heterocycles. The van der Waals surface area contributed by atoms with Gasteiger partial charge in [-0.15, -0.1) is 0 Å². The molecular formula is C77H124O6. The van der Waals surface area contributed by atoms with Crippen molar-refractivity contribution in [2.45, 2.75) is 297 Å². The fourth-order valence-corrected chi connectivity index (χ4v) is 8.90. The number of carbonyl (C=O) groups is 3. The summed E-state index contributed by atoms with van der Waals surface area (Å²) >= 11 is 0. The largest absolute Gasteiger partial charge is 0.462 e. The summed E-state index contributed by atoms with van der Waals surface area (Å²) in [6.07, 6.45) is 101. The summed E-state index contributed by atoms with van der Waals surface area (Å²) in [5, 5.41) is 0. The lowest BCUT2D eigenvalue weighted by Crippen LogP contribution is -2.30. The van der Waals surface area contributed by atoms with Gasteiger partial charge in [-0.25, -0.2) is 0 Å². The topological polar surface area (TPSA) is 78.9 Å². The molecule has 0 aromatic rings. The smallest absolute Gasteiger partial charge is 0.306 e. The van der Waals surface area contributed by atoms with E-state index in [4.69, 9.17) is 14.2 Å². The van der Waals surface area contributed by atoms with Crippen LogP contribution in [0.1, 0.15) is 290 Å². The second-order valence-electron chi connectivity index (χ2n) is 22.0. The van der Waals surface area contributed by atoms with Crippen molar-refractivity contribution in [1.82, 2.24) is 0 Å². The minimum atomic E-state index is -0.816. The van der Waals surface area contributed by atoms with E-state index in [0.29, 0.717) is 19.3 Å². The van der Waals surface area contributed by atoms with Crippen molar-refractivity contribution >= 4 is 17.9 Å². The van der Waals surface area contributed by atoms with E-state index in [1.165, 1.54) is 116 Å². The van der Waals surface area contributed by atoms with Crippen LogP contribution in [0.5, 0.6) is 0 Å². The second kappa shape index (κ2) is 69.5. The minimum absolute atomic E-state index is 0.107. The number of hydrogen-bond donors (Lipinski definition) is 0. The number of ether oxygens (including phenoxy) is 3. The first-order valence-corrected chi connectivity index (χ1v) is 34.0. The zero-order valence-corrected chi connectivity index (χ0v) is 53.7. The lowest BCUT2D eigenvalue weighted by atomic mass is 10.0. The SMILES string of the molecule is CC/C=C\C/C=C\C/C=C\C/C=C\C/C=C\C/C=C\C/C=C\C/C=C\C/C=C\CCCC(=O)OCC(COC(=O)CCCCCCC/C=C\CCCC)OC(=O)CCCCCCCCCCCC/C=C\C/C=C\C/C=C\CCCCCCC. The van der Waals surface area contributed by atoms with Crippen LogP contribution in [0.2, 0.25) is 0 Å². The average Bonchev–Trinajstić information content (AvgIpc) is 3.48. The molecule has 0 aliphatic carbocycles. The fourth-order valence-electron chi connectivity index (χ4n) is 8.90. The molecule has 468 valence electrons. The Labute approximate surface area is 511 Å². The standard InChI is InChI=1S/C77H124O6/c1-4-7-10-13-16-19-22-24-26-28-30-32-34-36-37-38-39-41-42-44-46-48-50-52-55-58-61-64-67-70-76(79)82-73-74(72-81-75(78)69-66-63-60-57-54-21-18-15-12-9-6-3)83-77(80)71-68-65-62-59-56-53-51-49-47-45-43-40-35-33-31-29-27-25-23-20-17-14-11-8-5-2/h7,10,15-16,18-19,23-26,29-32,35-37,39-41,44,46,50,52,58,61,74H,4-6,8-9,11-14,17,20-22,27-28,33-34,38,42-43,45,47-49,51,53-57,59-60,62-73H2,1-3H3/b10-7-,18-15-,19-16-,25-23-,26-24-,31-29-,32-30-,37-36-,40-35-,41-39-,46-44-,52-50-,61-58-. The highest BCUT2D eigenvalue weighted by atomic mass is 16.6. The molecule has 83 heavy (non-hydrogen) atoms. The zero-order chi connectivity index (χ0) is 59.9. The van der Waals surface area contributed by atoms with Gasteiger partial charge in [0.1, 0.15) is 13.2 Å². The van der Waals surface area contributed by atoms with Gasteiger partial charge in [0.15, 0.2) is 6.10 Å². The van der Waals surface area contributed by atoms with E-state index in [9.17, 15) is 14.4 Å². The Hall–Kier alpha value is -4.97. The van der Waals surface area contributed by atoms with E-state index in [1.54, 1.807) is 0 Å². The highest BCUT2D eigenvalue weighted by molar-refractivity contribution is 5.71. The predicted molar refractivity (Wildman–Crippen MR) is 362 cm³/mol. The van der Waals surface area contributed by atoms with Crippen LogP contribution in [0.4, 0.5) is 0 Å². The number of unbranched alkanes of at least 4 members (excludes halogenated alkanes) is 23. The summed E-state index contributed by atoms with van der Waals surface area (Å²) in [7, 11) is 0. The molecule has 0 spiro atoms. The maximum Gasteiger partial charge on any atom is 0.306 e. The molecule has 6 nitrogen and oxygen atoms in total. The van der Waals surface area contributed by atoms with Gasteiger partial charge in [-0.2, -0.15) is 0 Å². The van der Waals surface area contributed by atoms with Crippen molar-refractivity contribution in [2.75, 3.05) is 13.2 Å². The number of rotatable bonds is 60. The van der Waals surface area contributed by atoms with Crippen LogP contribution in [-0.2, 0) is 28.6 Å². The van der Waals surface area contributed by atoms with Gasteiger partial charge in [0, 0.05) is 19.3 Å². The molecule has 0 bridgehead atoms. The Morgan fingerprint density at radius 2 is 0.494 bits per heavy atom. The molecule has 0 fully saturated rings. The Bertz CT molecular complexity index is 1840. The van der Waals surface area contributed by atoms with Gasteiger partial charge >= 0.3 is 17.9 Å².